The van der Waals surface area contributed by atoms with Gasteiger partial charge in [0.25, 0.3) is 0 Å². The van der Waals surface area contributed by atoms with Crippen LogP contribution in [0.25, 0.3) is 0 Å². The Morgan fingerprint density at radius 2 is 2.16 bits per heavy atom. The molecule has 5 nitrogen and oxygen atoms in total. The average molecular weight is 284 g/mol. The predicted molar refractivity (Wildman–Crippen MR) is 73.4 cm³/mol. The third-order valence-corrected chi connectivity index (χ3v) is 4.80. The molecule has 0 atom stereocenters. The Morgan fingerprint density at radius 3 is 2.74 bits per heavy atom. The molecule has 19 heavy (non-hydrogen) atoms. The first-order valence-corrected chi connectivity index (χ1v) is 7.92. The first kappa shape index (κ1) is 14.3. The lowest BCUT2D eigenvalue weighted by Crippen LogP contribution is -2.25. The Kier molecular flexibility index (Phi) is 4.44. The first-order valence-electron chi connectivity index (χ1n) is 6.43. The van der Waals surface area contributed by atoms with Crippen LogP contribution in [0.4, 0.5) is 0 Å². The minimum Gasteiger partial charge on any atom is -0.495 e. The Morgan fingerprint density at radius 1 is 1.42 bits per heavy atom. The quantitative estimate of drug-likeness (QED) is 0.789. The number of sulfonamides is 1. The largest absolute Gasteiger partial charge is 0.495 e. The van der Waals surface area contributed by atoms with Gasteiger partial charge in [-0.2, -0.15) is 0 Å². The summed E-state index contributed by atoms with van der Waals surface area (Å²) >= 11 is 0. The van der Waals surface area contributed by atoms with Crippen molar-refractivity contribution in [1.29, 1.82) is 0 Å². The van der Waals surface area contributed by atoms with Crippen LogP contribution >= 0.6 is 0 Å². The zero-order valence-corrected chi connectivity index (χ0v) is 11.9. The number of rotatable bonds is 7. The summed E-state index contributed by atoms with van der Waals surface area (Å²) in [6.45, 7) is 0.834. The van der Waals surface area contributed by atoms with Gasteiger partial charge in [-0.25, -0.2) is 13.1 Å². The van der Waals surface area contributed by atoms with Gasteiger partial charge in [0.1, 0.15) is 10.6 Å². The molecule has 2 rings (SSSR count). The van der Waals surface area contributed by atoms with Crippen molar-refractivity contribution in [3.8, 4) is 5.75 Å². The van der Waals surface area contributed by atoms with Crippen LogP contribution in [0.5, 0.6) is 5.75 Å². The van der Waals surface area contributed by atoms with Crippen molar-refractivity contribution in [2.75, 3.05) is 13.7 Å². The third-order valence-electron chi connectivity index (χ3n) is 3.29. The summed E-state index contributed by atoms with van der Waals surface area (Å²) in [5.74, 6) is 1.03. The highest BCUT2D eigenvalue weighted by Crippen LogP contribution is 2.32. The number of benzene rings is 1. The Hall–Kier alpha value is -1.11. The third kappa shape index (κ3) is 3.68. The van der Waals surface area contributed by atoms with Gasteiger partial charge in [0, 0.05) is 13.1 Å². The molecule has 1 saturated carbocycles. The van der Waals surface area contributed by atoms with Crippen molar-refractivity contribution >= 4 is 10.0 Å². The zero-order chi connectivity index (χ0) is 13.9. The van der Waals surface area contributed by atoms with Crippen LogP contribution in [0.3, 0.4) is 0 Å². The van der Waals surface area contributed by atoms with E-state index in [9.17, 15) is 8.42 Å². The highest BCUT2D eigenvalue weighted by molar-refractivity contribution is 7.89. The van der Waals surface area contributed by atoms with Gasteiger partial charge >= 0.3 is 0 Å². The minimum absolute atomic E-state index is 0.169. The molecule has 1 aromatic rings. The van der Waals surface area contributed by atoms with Crippen LogP contribution in [-0.4, -0.2) is 22.1 Å². The molecule has 0 heterocycles. The predicted octanol–water partition coefficient (Wildman–Crippen LogP) is 1.23. The lowest BCUT2D eigenvalue weighted by Gasteiger charge is -2.11. The summed E-state index contributed by atoms with van der Waals surface area (Å²) in [7, 11) is -2.05. The molecule has 0 unspecified atom stereocenters. The number of hydrogen-bond acceptors (Lipinski definition) is 4. The fraction of sp³-hybridized carbons (Fsp3) is 0.538. The summed E-state index contributed by atoms with van der Waals surface area (Å²) in [5.41, 5.74) is 6.37. The van der Waals surface area contributed by atoms with E-state index in [1.54, 1.807) is 18.2 Å². The molecule has 0 amide bonds. The molecule has 1 aliphatic rings. The molecule has 0 saturated heterocycles. The van der Waals surface area contributed by atoms with E-state index in [-0.39, 0.29) is 4.90 Å². The smallest absolute Gasteiger partial charge is 0.244 e. The van der Waals surface area contributed by atoms with Gasteiger partial charge in [0.2, 0.25) is 10.0 Å². The Bertz CT molecular complexity index is 539. The first-order chi connectivity index (χ1) is 9.06. The number of ether oxygens (including phenoxy) is 1. The van der Waals surface area contributed by atoms with Crippen LogP contribution in [0.1, 0.15) is 24.8 Å². The Labute approximate surface area is 114 Å². The van der Waals surface area contributed by atoms with Crippen LogP contribution in [0.15, 0.2) is 23.1 Å². The second-order valence-corrected chi connectivity index (χ2v) is 6.55. The average Bonchev–Trinajstić information content (AvgIpc) is 3.21. The van der Waals surface area contributed by atoms with Gasteiger partial charge in [0.15, 0.2) is 0 Å². The van der Waals surface area contributed by atoms with E-state index >= 15 is 0 Å². The monoisotopic (exact) mass is 284 g/mol. The minimum atomic E-state index is -3.51. The lowest BCUT2D eigenvalue weighted by atomic mass is 10.2. The number of hydrogen-bond donors (Lipinski definition) is 2. The maximum Gasteiger partial charge on any atom is 0.244 e. The van der Waals surface area contributed by atoms with E-state index in [1.165, 1.54) is 20.0 Å². The molecule has 3 N–H and O–H groups in total. The summed E-state index contributed by atoms with van der Waals surface area (Å²) in [6.07, 6.45) is 3.34. The fourth-order valence-corrected chi connectivity index (χ4v) is 3.14. The van der Waals surface area contributed by atoms with Crippen molar-refractivity contribution in [1.82, 2.24) is 4.72 Å². The Balaban J connectivity index is 2.13. The lowest BCUT2D eigenvalue weighted by molar-refractivity contribution is 0.401. The molecular formula is C13H20N2O3S. The van der Waals surface area contributed by atoms with Crippen molar-refractivity contribution in [2.45, 2.75) is 30.7 Å². The molecule has 0 radical (unpaired) electrons. The molecule has 0 aliphatic heterocycles. The molecule has 0 aromatic heterocycles. The summed E-state index contributed by atoms with van der Waals surface area (Å²) in [5, 5.41) is 0. The maximum absolute atomic E-state index is 12.2. The molecule has 1 aromatic carbocycles. The van der Waals surface area contributed by atoms with Gasteiger partial charge in [-0.3, -0.25) is 0 Å². The van der Waals surface area contributed by atoms with E-state index in [4.69, 9.17) is 10.5 Å². The number of nitrogens with two attached hydrogens (primary N) is 1. The van der Waals surface area contributed by atoms with E-state index in [0.717, 1.165) is 12.0 Å². The van der Waals surface area contributed by atoms with E-state index in [1.807, 2.05) is 0 Å². The van der Waals surface area contributed by atoms with E-state index in [0.29, 0.717) is 24.8 Å². The van der Waals surface area contributed by atoms with E-state index in [2.05, 4.69) is 4.72 Å². The molecule has 6 heteroatoms. The molecule has 0 spiro atoms. The van der Waals surface area contributed by atoms with Gasteiger partial charge in [0.05, 0.1) is 7.11 Å². The standard InChI is InChI=1S/C13H20N2O3S/c1-18-12-8-11(9-14)4-5-13(12)19(16,17)15-7-6-10-2-3-10/h4-5,8,10,15H,2-3,6-7,9,14H2,1H3. The van der Waals surface area contributed by atoms with Gasteiger partial charge in [-0.1, -0.05) is 18.9 Å². The fourth-order valence-electron chi connectivity index (χ4n) is 1.94. The zero-order valence-electron chi connectivity index (χ0n) is 11.1. The highest BCUT2D eigenvalue weighted by atomic mass is 32.2. The van der Waals surface area contributed by atoms with Crippen molar-refractivity contribution in [3.05, 3.63) is 23.8 Å². The molecule has 0 bridgehead atoms. The van der Waals surface area contributed by atoms with Crippen LogP contribution < -0.4 is 15.2 Å². The van der Waals surface area contributed by atoms with Crippen molar-refractivity contribution < 1.29 is 13.2 Å². The summed E-state index contributed by atoms with van der Waals surface area (Å²) < 4.78 is 32.1. The SMILES string of the molecule is COc1cc(CN)ccc1S(=O)(=O)NCCC1CC1. The maximum atomic E-state index is 12.2. The normalized spacial score (nSPS) is 15.5. The molecule has 1 aliphatic carbocycles. The van der Waals surface area contributed by atoms with Gasteiger partial charge < -0.3 is 10.5 Å². The topological polar surface area (TPSA) is 81.4 Å². The molecule has 106 valence electrons. The second kappa shape index (κ2) is 5.90. The molecular weight excluding hydrogens is 264 g/mol. The van der Waals surface area contributed by atoms with Crippen molar-refractivity contribution in [3.63, 3.8) is 0 Å². The van der Waals surface area contributed by atoms with Crippen LogP contribution in [-0.2, 0) is 16.6 Å². The number of methoxy groups -OCH3 is 1. The molecule has 1 fully saturated rings. The number of nitrogens with one attached hydrogen (secondary N) is 1. The van der Waals surface area contributed by atoms with Gasteiger partial charge in [-0.05, 0) is 30.0 Å². The van der Waals surface area contributed by atoms with Crippen LogP contribution in [0.2, 0.25) is 0 Å². The second-order valence-electron chi connectivity index (χ2n) is 4.82. The highest BCUT2D eigenvalue weighted by Gasteiger charge is 2.23. The van der Waals surface area contributed by atoms with E-state index < -0.39 is 10.0 Å². The van der Waals surface area contributed by atoms with Gasteiger partial charge in [-0.15, -0.1) is 0 Å². The summed E-state index contributed by atoms with van der Waals surface area (Å²) in [4.78, 5) is 0.169. The summed E-state index contributed by atoms with van der Waals surface area (Å²) in [6, 6.07) is 4.91. The van der Waals surface area contributed by atoms with Crippen LogP contribution in [0, 0.1) is 5.92 Å². The van der Waals surface area contributed by atoms with Crippen molar-refractivity contribution in [2.24, 2.45) is 11.7 Å².